The van der Waals surface area contributed by atoms with Crippen LogP contribution < -0.4 is 10.2 Å². The average Bonchev–Trinajstić information content (AvgIpc) is 2.63. The van der Waals surface area contributed by atoms with Crippen molar-refractivity contribution < 1.29 is 9.84 Å². The Morgan fingerprint density at radius 1 is 1.22 bits per heavy atom. The molecule has 0 radical (unpaired) electrons. The van der Waals surface area contributed by atoms with Crippen LogP contribution in [0.5, 0.6) is 0 Å². The van der Waals surface area contributed by atoms with Gasteiger partial charge in [-0.2, -0.15) is 0 Å². The lowest BCUT2D eigenvalue weighted by atomic mass is 10.2. The van der Waals surface area contributed by atoms with Crippen molar-refractivity contribution in [1.82, 2.24) is 15.0 Å². The van der Waals surface area contributed by atoms with Crippen molar-refractivity contribution in [3.63, 3.8) is 0 Å². The van der Waals surface area contributed by atoms with Crippen LogP contribution in [-0.4, -0.2) is 53.4 Å². The van der Waals surface area contributed by atoms with Gasteiger partial charge in [-0.05, 0) is 11.6 Å². The van der Waals surface area contributed by atoms with Crippen LogP contribution in [0.2, 0.25) is 0 Å². The quantitative estimate of drug-likeness (QED) is 0.845. The van der Waals surface area contributed by atoms with Crippen molar-refractivity contribution in [2.45, 2.75) is 13.0 Å². The molecule has 3 heterocycles. The summed E-state index contributed by atoms with van der Waals surface area (Å²) in [5, 5.41) is 12.2. The maximum atomic E-state index is 9.24. The van der Waals surface area contributed by atoms with E-state index in [1.807, 2.05) is 12.3 Å². The molecule has 3 rings (SSSR count). The number of nitrogens with zero attached hydrogens (tertiary/aromatic N) is 4. The lowest BCUT2D eigenvalue weighted by Crippen LogP contribution is -2.36. The van der Waals surface area contributed by atoms with Gasteiger partial charge < -0.3 is 20.1 Å². The van der Waals surface area contributed by atoms with Crippen LogP contribution in [0.3, 0.4) is 0 Å². The second-order valence-corrected chi connectivity index (χ2v) is 5.37. The predicted molar refractivity (Wildman–Crippen MR) is 87.6 cm³/mol. The van der Waals surface area contributed by atoms with Gasteiger partial charge in [0.25, 0.3) is 0 Å². The van der Waals surface area contributed by atoms with Crippen LogP contribution in [0.1, 0.15) is 17.0 Å². The van der Waals surface area contributed by atoms with Gasteiger partial charge in [0, 0.05) is 44.5 Å². The topological polar surface area (TPSA) is 83.4 Å². The first kappa shape index (κ1) is 15.6. The molecule has 1 aliphatic heterocycles. The molecular weight excluding hydrogens is 294 g/mol. The van der Waals surface area contributed by atoms with E-state index in [9.17, 15) is 5.11 Å². The summed E-state index contributed by atoms with van der Waals surface area (Å²) in [4.78, 5) is 15.5. The highest BCUT2D eigenvalue weighted by Crippen LogP contribution is 2.16. The second kappa shape index (κ2) is 7.34. The molecule has 2 N–H and O–H groups in total. The Kier molecular flexibility index (Phi) is 4.99. The van der Waals surface area contributed by atoms with Crippen LogP contribution in [0.4, 0.5) is 11.6 Å². The minimum Gasteiger partial charge on any atom is -0.391 e. The van der Waals surface area contributed by atoms with Gasteiger partial charge in [-0.15, -0.1) is 0 Å². The monoisotopic (exact) mass is 315 g/mol. The summed E-state index contributed by atoms with van der Waals surface area (Å²) in [5.74, 6) is 2.34. The molecule has 1 saturated heterocycles. The summed E-state index contributed by atoms with van der Waals surface area (Å²) in [7, 11) is 1.78. The molecule has 0 saturated carbocycles. The highest BCUT2D eigenvalue weighted by atomic mass is 16.5. The molecule has 0 amide bonds. The third-order valence-corrected chi connectivity index (χ3v) is 3.83. The summed E-state index contributed by atoms with van der Waals surface area (Å²) in [6.45, 7) is 3.18. The number of aliphatic hydroxyl groups excluding tert-OH is 1. The summed E-state index contributed by atoms with van der Waals surface area (Å²) in [6, 6.07) is 4.09. The Morgan fingerprint density at radius 2 is 2.04 bits per heavy atom. The number of morpholine rings is 1. The molecular formula is C16H21N5O2. The fraction of sp³-hybridized carbons (Fsp3) is 0.438. The van der Waals surface area contributed by atoms with Gasteiger partial charge in [0.15, 0.2) is 0 Å². The van der Waals surface area contributed by atoms with Gasteiger partial charge in [0.05, 0.1) is 19.8 Å². The lowest BCUT2D eigenvalue weighted by molar-refractivity contribution is 0.122. The van der Waals surface area contributed by atoms with Crippen LogP contribution in [0.15, 0.2) is 24.5 Å². The molecule has 1 fully saturated rings. The molecule has 7 heteroatoms. The van der Waals surface area contributed by atoms with Gasteiger partial charge in [-0.25, -0.2) is 15.0 Å². The Labute approximate surface area is 135 Å². The van der Waals surface area contributed by atoms with Crippen LogP contribution in [0, 0.1) is 0 Å². The first-order chi connectivity index (χ1) is 11.3. The minimum atomic E-state index is -0.0771. The third-order valence-electron chi connectivity index (χ3n) is 3.83. The Balaban J connectivity index is 1.70. The first-order valence-electron chi connectivity index (χ1n) is 7.71. The SMILES string of the molecule is CNc1nc(Cc2ccc(N3CCOCC3)nc2)ncc1CO. The van der Waals surface area contributed by atoms with Gasteiger partial charge in [-0.3, -0.25) is 0 Å². The van der Waals surface area contributed by atoms with E-state index in [1.54, 1.807) is 13.2 Å². The summed E-state index contributed by atoms with van der Waals surface area (Å²) in [6.07, 6.45) is 4.13. The van der Waals surface area contributed by atoms with E-state index in [0.29, 0.717) is 23.6 Å². The molecule has 23 heavy (non-hydrogen) atoms. The third kappa shape index (κ3) is 3.75. The fourth-order valence-corrected chi connectivity index (χ4v) is 2.54. The summed E-state index contributed by atoms with van der Waals surface area (Å²) >= 11 is 0. The van der Waals surface area contributed by atoms with E-state index >= 15 is 0 Å². The van der Waals surface area contributed by atoms with E-state index in [2.05, 4.69) is 31.2 Å². The number of nitrogens with one attached hydrogen (secondary N) is 1. The van der Waals surface area contributed by atoms with E-state index < -0.39 is 0 Å². The lowest BCUT2D eigenvalue weighted by Gasteiger charge is -2.27. The molecule has 122 valence electrons. The Bertz CT molecular complexity index is 641. The Morgan fingerprint density at radius 3 is 2.70 bits per heavy atom. The molecule has 0 unspecified atom stereocenters. The largest absolute Gasteiger partial charge is 0.391 e. The molecule has 0 atom stereocenters. The van der Waals surface area contributed by atoms with Crippen molar-refractivity contribution in [3.8, 4) is 0 Å². The van der Waals surface area contributed by atoms with Crippen molar-refractivity contribution in [3.05, 3.63) is 41.5 Å². The van der Waals surface area contributed by atoms with Crippen LogP contribution in [-0.2, 0) is 17.8 Å². The molecule has 0 bridgehead atoms. The number of hydrogen-bond acceptors (Lipinski definition) is 7. The van der Waals surface area contributed by atoms with Crippen molar-refractivity contribution in [2.24, 2.45) is 0 Å². The molecule has 2 aromatic rings. The van der Waals surface area contributed by atoms with E-state index in [-0.39, 0.29) is 6.61 Å². The molecule has 2 aromatic heterocycles. The van der Waals surface area contributed by atoms with Crippen molar-refractivity contribution in [1.29, 1.82) is 0 Å². The molecule has 7 nitrogen and oxygen atoms in total. The summed E-state index contributed by atoms with van der Waals surface area (Å²) < 4.78 is 5.35. The predicted octanol–water partition coefficient (Wildman–Crippen LogP) is 0.833. The maximum Gasteiger partial charge on any atom is 0.135 e. The highest BCUT2D eigenvalue weighted by molar-refractivity contribution is 5.43. The van der Waals surface area contributed by atoms with E-state index in [0.717, 1.165) is 37.7 Å². The smallest absolute Gasteiger partial charge is 0.135 e. The number of anilines is 2. The maximum absolute atomic E-state index is 9.24. The van der Waals surface area contributed by atoms with E-state index in [1.165, 1.54) is 0 Å². The number of aliphatic hydroxyl groups is 1. The van der Waals surface area contributed by atoms with Gasteiger partial charge >= 0.3 is 0 Å². The molecule has 1 aliphatic rings. The zero-order valence-corrected chi connectivity index (χ0v) is 13.2. The minimum absolute atomic E-state index is 0.0771. The number of hydrogen-bond donors (Lipinski definition) is 2. The number of aromatic nitrogens is 3. The zero-order chi connectivity index (χ0) is 16.1. The molecule has 0 spiro atoms. The Hall–Kier alpha value is -2.25. The number of rotatable bonds is 5. The molecule has 0 aliphatic carbocycles. The van der Waals surface area contributed by atoms with Crippen LogP contribution in [0.25, 0.3) is 0 Å². The van der Waals surface area contributed by atoms with Crippen LogP contribution >= 0.6 is 0 Å². The number of ether oxygens (including phenoxy) is 1. The second-order valence-electron chi connectivity index (χ2n) is 5.37. The van der Waals surface area contributed by atoms with Crippen molar-refractivity contribution >= 4 is 11.6 Å². The average molecular weight is 315 g/mol. The highest BCUT2D eigenvalue weighted by Gasteiger charge is 2.12. The van der Waals surface area contributed by atoms with Crippen molar-refractivity contribution in [2.75, 3.05) is 43.6 Å². The normalized spacial score (nSPS) is 14.8. The fourth-order valence-electron chi connectivity index (χ4n) is 2.54. The van der Waals surface area contributed by atoms with Gasteiger partial charge in [0.2, 0.25) is 0 Å². The van der Waals surface area contributed by atoms with Gasteiger partial charge in [0.1, 0.15) is 17.5 Å². The summed E-state index contributed by atoms with van der Waals surface area (Å²) in [5.41, 5.74) is 1.75. The first-order valence-corrected chi connectivity index (χ1v) is 7.71. The standard InChI is InChI=1S/C16H21N5O2/c1-17-16-13(11-22)10-18-14(20-16)8-12-2-3-15(19-9-12)21-4-6-23-7-5-21/h2-3,9-10,22H,4-8,11H2,1H3,(H,17,18,20). The zero-order valence-electron chi connectivity index (χ0n) is 13.2. The number of pyridine rings is 1. The van der Waals surface area contributed by atoms with Gasteiger partial charge in [-0.1, -0.05) is 6.07 Å². The van der Waals surface area contributed by atoms with E-state index in [4.69, 9.17) is 4.74 Å². The molecule has 0 aromatic carbocycles.